The average Bonchev–Trinajstić information content (AvgIpc) is 2.72. The highest BCUT2D eigenvalue weighted by Gasteiger charge is 2.29. The lowest BCUT2D eigenvalue weighted by atomic mass is 9.76. The predicted molar refractivity (Wildman–Crippen MR) is 114 cm³/mol. The molecule has 0 amide bonds. The van der Waals surface area contributed by atoms with Crippen molar-refractivity contribution in [2.24, 2.45) is 0 Å². The molecule has 4 rings (SSSR count). The van der Waals surface area contributed by atoms with E-state index in [4.69, 9.17) is 4.98 Å². The van der Waals surface area contributed by atoms with Crippen molar-refractivity contribution in [2.45, 2.75) is 51.4 Å². The summed E-state index contributed by atoms with van der Waals surface area (Å²) in [5, 5.41) is 10.1. The van der Waals surface area contributed by atoms with Gasteiger partial charge in [-0.3, -0.25) is 4.98 Å². The summed E-state index contributed by atoms with van der Waals surface area (Å²) in [5.74, 6) is 0. The van der Waals surface area contributed by atoms with Crippen LogP contribution >= 0.6 is 0 Å². The maximum Gasteiger partial charge on any atom is 0.0929 e. The molecule has 0 bridgehead atoms. The van der Waals surface area contributed by atoms with Crippen LogP contribution in [0.5, 0.6) is 0 Å². The lowest BCUT2D eigenvalue weighted by Gasteiger charge is -2.30. The molecule has 2 aromatic heterocycles. The van der Waals surface area contributed by atoms with Gasteiger partial charge in [-0.1, -0.05) is 58.0 Å². The van der Waals surface area contributed by atoms with Gasteiger partial charge >= 0.3 is 0 Å². The predicted octanol–water partition coefficient (Wildman–Crippen LogP) is 5.61. The summed E-state index contributed by atoms with van der Waals surface area (Å²) in [5.41, 5.74) is 4.76. The fourth-order valence-corrected chi connectivity index (χ4v) is 3.48. The number of benzene rings is 2. The van der Waals surface area contributed by atoms with Crippen molar-refractivity contribution in [3.8, 4) is 0 Å². The van der Waals surface area contributed by atoms with Gasteiger partial charge in [-0.25, -0.2) is 4.98 Å². The first-order valence-corrected chi connectivity index (χ1v) is 9.80. The van der Waals surface area contributed by atoms with Gasteiger partial charge in [-0.15, -0.1) is 0 Å². The summed E-state index contributed by atoms with van der Waals surface area (Å²) >= 11 is 0. The second kappa shape index (κ2) is 6.93. The molecule has 0 atom stereocenters. The number of hydrogen-bond donors (Lipinski definition) is 0. The Morgan fingerprint density at radius 1 is 0.679 bits per heavy atom. The van der Waals surface area contributed by atoms with Gasteiger partial charge in [0.15, 0.2) is 0 Å². The van der Waals surface area contributed by atoms with Crippen molar-refractivity contribution >= 4 is 21.9 Å². The SMILES string of the molecule is CC(C)(CCC(C)(C)c1cnc2ccccc2n1)c1cc2ccccc2nn1. The summed E-state index contributed by atoms with van der Waals surface area (Å²) in [6.45, 7) is 8.98. The van der Waals surface area contributed by atoms with E-state index in [1.165, 1.54) is 0 Å². The molecule has 0 unspecified atom stereocenters. The van der Waals surface area contributed by atoms with Crippen molar-refractivity contribution < 1.29 is 0 Å². The van der Waals surface area contributed by atoms with E-state index in [2.05, 4.69) is 55.0 Å². The van der Waals surface area contributed by atoms with Crippen LogP contribution < -0.4 is 0 Å². The molecule has 2 heterocycles. The van der Waals surface area contributed by atoms with Gasteiger partial charge in [-0.2, -0.15) is 10.2 Å². The molecule has 0 spiro atoms. The Hall–Kier alpha value is -2.88. The molecular formula is C24H26N4. The molecule has 0 saturated heterocycles. The highest BCUT2D eigenvalue weighted by molar-refractivity contribution is 5.78. The van der Waals surface area contributed by atoms with E-state index in [9.17, 15) is 0 Å². The third-order valence-electron chi connectivity index (χ3n) is 5.70. The molecule has 0 N–H and O–H groups in total. The first-order valence-electron chi connectivity index (χ1n) is 9.80. The Bertz CT molecular complexity index is 1040. The van der Waals surface area contributed by atoms with Crippen LogP contribution in [-0.4, -0.2) is 20.2 Å². The minimum absolute atomic E-state index is 0.0709. The first-order chi connectivity index (χ1) is 13.4. The van der Waals surface area contributed by atoms with Crippen molar-refractivity contribution in [2.75, 3.05) is 0 Å². The highest BCUT2D eigenvalue weighted by Crippen LogP contribution is 2.35. The van der Waals surface area contributed by atoms with Gasteiger partial charge in [0.1, 0.15) is 0 Å². The molecule has 28 heavy (non-hydrogen) atoms. The highest BCUT2D eigenvalue weighted by atomic mass is 15.1. The molecular weight excluding hydrogens is 344 g/mol. The zero-order chi connectivity index (χ0) is 19.8. The van der Waals surface area contributed by atoms with E-state index in [1.807, 2.05) is 48.7 Å². The van der Waals surface area contributed by atoms with Crippen LogP contribution in [0.2, 0.25) is 0 Å². The normalized spacial score (nSPS) is 12.6. The molecule has 0 saturated carbocycles. The third kappa shape index (κ3) is 3.59. The van der Waals surface area contributed by atoms with Crippen LogP contribution in [0.25, 0.3) is 21.9 Å². The topological polar surface area (TPSA) is 51.6 Å². The van der Waals surface area contributed by atoms with E-state index in [0.29, 0.717) is 0 Å². The Labute approximate surface area is 166 Å². The zero-order valence-corrected chi connectivity index (χ0v) is 17.0. The van der Waals surface area contributed by atoms with Gasteiger partial charge < -0.3 is 0 Å². The lowest BCUT2D eigenvalue weighted by Crippen LogP contribution is -2.26. The quantitative estimate of drug-likeness (QED) is 0.458. The van der Waals surface area contributed by atoms with Crippen molar-refractivity contribution in [1.82, 2.24) is 20.2 Å². The molecule has 0 aliphatic heterocycles. The lowest BCUT2D eigenvalue weighted by molar-refractivity contribution is 0.362. The second-order valence-corrected chi connectivity index (χ2v) is 8.80. The molecule has 0 aliphatic carbocycles. The minimum Gasteiger partial charge on any atom is -0.253 e. The second-order valence-electron chi connectivity index (χ2n) is 8.80. The standard InChI is InChI=1S/C24H26N4/c1-23(2,21-15-17-9-5-6-10-18(17)27-28-21)13-14-24(3,4)22-16-25-19-11-7-8-12-20(19)26-22/h5-12,15-16H,13-14H2,1-4H3. The number of rotatable bonds is 5. The molecule has 0 fully saturated rings. The van der Waals surface area contributed by atoms with Crippen LogP contribution in [-0.2, 0) is 10.8 Å². The van der Waals surface area contributed by atoms with Crippen LogP contribution in [0.4, 0.5) is 0 Å². The molecule has 2 aromatic carbocycles. The van der Waals surface area contributed by atoms with Crippen molar-refractivity contribution in [1.29, 1.82) is 0 Å². The first kappa shape index (κ1) is 18.5. The van der Waals surface area contributed by atoms with E-state index in [1.54, 1.807) is 0 Å². The molecule has 0 aliphatic rings. The summed E-state index contributed by atoms with van der Waals surface area (Å²) < 4.78 is 0. The number of aromatic nitrogens is 4. The summed E-state index contributed by atoms with van der Waals surface area (Å²) in [6, 6.07) is 18.3. The third-order valence-corrected chi connectivity index (χ3v) is 5.70. The Morgan fingerprint density at radius 2 is 1.29 bits per heavy atom. The van der Waals surface area contributed by atoms with Gasteiger partial charge in [0.05, 0.1) is 27.9 Å². The van der Waals surface area contributed by atoms with Crippen LogP contribution in [0.3, 0.4) is 0 Å². The minimum atomic E-state index is -0.0709. The maximum atomic E-state index is 4.87. The van der Waals surface area contributed by atoms with Crippen molar-refractivity contribution in [3.63, 3.8) is 0 Å². The number of para-hydroxylation sites is 2. The molecule has 4 aromatic rings. The zero-order valence-electron chi connectivity index (χ0n) is 17.0. The summed E-state index contributed by atoms with van der Waals surface area (Å²) in [6.07, 6.45) is 3.90. The molecule has 4 nitrogen and oxygen atoms in total. The number of hydrogen-bond acceptors (Lipinski definition) is 4. The summed E-state index contributed by atoms with van der Waals surface area (Å²) in [4.78, 5) is 9.47. The van der Waals surface area contributed by atoms with Crippen LogP contribution in [0.1, 0.15) is 51.9 Å². The van der Waals surface area contributed by atoms with E-state index < -0.39 is 0 Å². The Morgan fingerprint density at radius 3 is 2.04 bits per heavy atom. The monoisotopic (exact) mass is 370 g/mol. The van der Waals surface area contributed by atoms with Gasteiger partial charge in [0.25, 0.3) is 0 Å². The van der Waals surface area contributed by atoms with Gasteiger partial charge in [0, 0.05) is 22.4 Å². The molecule has 142 valence electrons. The van der Waals surface area contributed by atoms with Gasteiger partial charge in [-0.05, 0) is 37.1 Å². The van der Waals surface area contributed by atoms with E-state index >= 15 is 0 Å². The Kier molecular flexibility index (Phi) is 4.58. The largest absolute Gasteiger partial charge is 0.253 e. The number of fused-ring (bicyclic) bond motifs is 2. The van der Waals surface area contributed by atoms with Crippen LogP contribution in [0, 0.1) is 0 Å². The Balaban J connectivity index is 1.56. The smallest absolute Gasteiger partial charge is 0.0929 e. The van der Waals surface area contributed by atoms with Crippen molar-refractivity contribution in [3.05, 3.63) is 72.2 Å². The average molecular weight is 371 g/mol. The summed E-state index contributed by atoms with van der Waals surface area (Å²) in [7, 11) is 0. The van der Waals surface area contributed by atoms with Crippen LogP contribution in [0.15, 0.2) is 60.8 Å². The number of nitrogens with zero attached hydrogens (tertiary/aromatic N) is 4. The fourth-order valence-electron chi connectivity index (χ4n) is 3.48. The maximum absolute atomic E-state index is 4.87. The molecule has 0 radical (unpaired) electrons. The van der Waals surface area contributed by atoms with Gasteiger partial charge in [0.2, 0.25) is 0 Å². The fraction of sp³-hybridized carbons (Fsp3) is 0.333. The molecule has 4 heteroatoms. The van der Waals surface area contributed by atoms with E-state index in [0.717, 1.165) is 46.2 Å². The van der Waals surface area contributed by atoms with E-state index in [-0.39, 0.29) is 10.8 Å².